The Kier molecular flexibility index (Phi) is 5.28. The van der Waals surface area contributed by atoms with Crippen LogP contribution in [0.2, 0.25) is 0 Å². The van der Waals surface area contributed by atoms with E-state index in [1.54, 1.807) is 0 Å². The largest absolute Gasteiger partial charge is 0.468 e. The Balaban J connectivity index is 2.28. The molecule has 20 heavy (non-hydrogen) atoms. The number of benzene rings is 2. The van der Waals surface area contributed by atoms with Crippen LogP contribution in [-0.2, 0) is 9.53 Å². The highest BCUT2D eigenvalue weighted by molar-refractivity contribution is 7.71. The standard InChI is InChI=1S/C16H18NO2P/c1-13(16(18)19-2)17-20(14-9-5-3-6-10-14)15-11-7-4-8-12-15/h3-13,17H,1-2H3/t13-/m0/s1. The van der Waals surface area contributed by atoms with Gasteiger partial charge in [0.1, 0.15) is 6.04 Å². The SMILES string of the molecule is COC(=O)[C@H](C)NP(c1ccccc1)c1ccccc1. The van der Waals surface area contributed by atoms with Crippen LogP contribution >= 0.6 is 8.07 Å². The lowest BCUT2D eigenvalue weighted by Crippen LogP contribution is -2.36. The van der Waals surface area contributed by atoms with Gasteiger partial charge in [-0.15, -0.1) is 0 Å². The van der Waals surface area contributed by atoms with E-state index in [0.29, 0.717) is 0 Å². The number of hydrogen-bond acceptors (Lipinski definition) is 3. The molecule has 0 saturated heterocycles. The van der Waals surface area contributed by atoms with Gasteiger partial charge in [0.25, 0.3) is 0 Å². The van der Waals surface area contributed by atoms with Crippen LogP contribution in [0.25, 0.3) is 0 Å². The zero-order valence-corrected chi connectivity index (χ0v) is 12.5. The molecule has 0 aromatic heterocycles. The molecule has 0 heterocycles. The highest BCUT2D eigenvalue weighted by atomic mass is 31.1. The fourth-order valence-electron chi connectivity index (χ4n) is 1.88. The van der Waals surface area contributed by atoms with Gasteiger partial charge in [-0.05, 0) is 17.5 Å². The Morgan fingerprint density at radius 2 is 1.45 bits per heavy atom. The normalized spacial score (nSPS) is 12.2. The number of carbonyl (C=O) groups is 1. The molecular weight excluding hydrogens is 269 g/mol. The van der Waals surface area contributed by atoms with Crippen molar-refractivity contribution >= 4 is 24.7 Å². The smallest absolute Gasteiger partial charge is 0.322 e. The minimum absolute atomic E-state index is 0.246. The summed E-state index contributed by atoms with van der Waals surface area (Å²) in [4.78, 5) is 11.6. The Morgan fingerprint density at radius 1 is 1.00 bits per heavy atom. The maximum Gasteiger partial charge on any atom is 0.322 e. The second-order valence-corrected chi connectivity index (χ2v) is 6.34. The molecular formula is C16H18NO2P. The molecule has 1 atom stereocenters. The minimum atomic E-state index is -0.779. The maximum absolute atomic E-state index is 11.6. The summed E-state index contributed by atoms with van der Waals surface area (Å²) in [5.41, 5.74) is 0. The van der Waals surface area contributed by atoms with E-state index in [0.717, 1.165) is 0 Å². The molecule has 0 amide bonds. The molecule has 0 saturated carbocycles. The predicted octanol–water partition coefficient (Wildman–Crippen LogP) is 2.19. The number of ether oxygens (including phenoxy) is 1. The summed E-state index contributed by atoms with van der Waals surface area (Å²) in [7, 11) is 0.631. The summed E-state index contributed by atoms with van der Waals surface area (Å²) >= 11 is 0. The number of hydrogen-bond donors (Lipinski definition) is 1. The van der Waals surface area contributed by atoms with E-state index >= 15 is 0 Å². The average molecular weight is 287 g/mol. The molecule has 2 aromatic carbocycles. The first-order valence-electron chi connectivity index (χ1n) is 6.46. The van der Waals surface area contributed by atoms with E-state index in [9.17, 15) is 4.79 Å². The first-order chi connectivity index (χ1) is 9.72. The number of nitrogens with one attached hydrogen (secondary N) is 1. The number of rotatable bonds is 5. The molecule has 2 rings (SSSR count). The number of carbonyl (C=O) groups excluding carboxylic acids is 1. The Hall–Kier alpha value is -1.70. The first-order valence-corrected chi connectivity index (χ1v) is 7.81. The molecule has 0 bridgehead atoms. The molecule has 0 aliphatic carbocycles. The molecule has 2 aromatic rings. The molecule has 104 valence electrons. The van der Waals surface area contributed by atoms with Crippen molar-refractivity contribution in [1.29, 1.82) is 0 Å². The van der Waals surface area contributed by atoms with Crippen LogP contribution in [0.4, 0.5) is 0 Å². The third-order valence-corrected chi connectivity index (χ3v) is 5.18. The van der Waals surface area contributed by atoms with Crippen LogP contribution in [0.5, 0.6) is 0 Å². The summed E-state index contributed by atoms with van der Waals surface area (Å²) in [5, 5.41) is 5.76. The van der Waals surface area contributed by atoms with Gasteiger partial charge in [-0.3, -0.25) is 9.88 Å². The van der Waals surface area contributed by atoms with E-state index in [1.165, 1.54) is 17.7 Å². The molecule has 0 unspecified atom stereocenters. The zero-order valence-electron chi connectivity index (χ0n) is 11.6. The maximum atomic E-state index is 11.6. The summed E-state index contributed by atoms with van der Waals surface area (Å²) in [6.07, 6.45) is 0. The van der Waals surface area contributed by atoms with Crippen molar-refractivity contribution in [3.8, 4) is 0 Å². The monoisotopic (exact) mass is 287 g/mol. The quantitative estimate of drug-likeness (QED) is 0.676. The van der Waals surface area contributed by atoms with Gasteiger partial charge in [0.05, 0.1) is 7.11 Å². The van der Waals surface area contributed by atoms with E-state index in [4.69, 9.17) is 4.74 Å². The van der Waals surface area contributed by atoms with Crippen LogP contribution in [0, 0.1) is 0 Å². The van der Waals surface area contributed by atoms with Crippen LogP contribution in [0.15, 0.2) is 60.7 Å². The Labute approximate surface area is 120 Å². The topological polar surface area (TPSA) is 38.3 Å². The number of methoxy groups -OCH3 is 1. The highest BCUT2D eigenvalue weighted by Crippen LogP contribution is 2.29. The highest BCUT2D eigenvalue weighted by Gasteiger charge is 2.20. The van der Waals surface area contributed by atoms with Gasteiger partial charge in [0.15, 0.2) is 0 Å². The van der Waals surface area contributed by atoms with Crippen molar-refractivity contribution in [3.05, 3.63) is 60.7 Å². The van der Waals surface area contributed by atoms with Gasteiger partial charge < -0.3 is 4.74 Å². The third-order valence-electron chi connectivity index (χ3n) is 2.91. The summed E-state index contributed by atoms with van der Waals surface area (Å²) < 4.78 is 4.79. The van der Waals surface area contributed by atoms with Crippen LogP contribution in [-0.4, -0.2) is 19.1 Å². The van der Waals surface area contributed by atoms with Gasteiger partial charge in [-0.25, -0.2) is 0 Å². The van der Waals surface area contributed by atoms with Crippen molar-refractivity contribution in [1.82, 2.24) is 5.09 Å². The molecule has 0 spiro atoms. The van der Waals surface area contributed by atoms with Crippen molar-refractivity contribution < 1.29 is 9.53 Å². The van der Waals surface area contributed by atoms with Gasteiger partial charge in [-0.1, -0.05) is 60.7 Å². The lowest BCUT2D eigenvalue weighted by atomic mass is 10.4. The molecule has 3 nitrogen and oxygen atoms in total. The molecule has 0 fully saturated rings. The van der Waals surface area contributed by atoms with E-state index in [-0.39, 0.29) is 12.0 Å². The van der Waals surface area contributed by atoms with Crippen molar-refractivity contribution in [3.63, 3.8) is 0 Å². The fourth-order valence-corrected chi connectivity index (χ4v) is 3.90. The second-order valence-electron chi connectivity index (χ2n) is 4.38. The average Bonchev–Trinajstić information content (AvgIpc) is 2.53. The van der Waals surface area contributed by atoms with E-state index < -0.39 is 8.07 Å². The van der Waals surface area contributed by atoms with Gasteiger partial charge in [0.2, 0.25) is 0 Å². The van der Waals surface area contributed by atoms with E-state index in [2.05, 4.69) is 29.4 Å². The van der Waals surface area contributed by atoms with Crippen molar-refractivity contribution in [2.45, 2.75) is 13.0 Å². The molecule has 0 aliphatic rings. The first kappa shape index (κ1) is 14.7. The van der Waals surface area contributed by atoms with Gasteiger partial charge in [-0.2, -0.15) is 0 Å². The zero-order chi connectivity index (χ0) is 14.4. The van der Waals surface area contributed by atoms with Crippen molar-refractivity contribution in [2.24, 2.45) is 0 Å². The summed E-state index contributed by atoms with van der Waals surface area (Å²) in [5.74, 6) is -0.246. The van der Waals surface area contributed by atoms with Crippen molar-refractivity contribution in [2.75, 3.05) is 7.11 Å². The van der Waals surface area contributed by atoms with Gasteiger partial charge in [0, 0.05) is 8.07 Å². The summed E-state index contributed by atoms with van der Waals surface area (Å²) in [6, 6.07) is 20.0. The predicted molar refractivity (Wildman–Crippen MR) is 83.7 cm³/mol. The molecule has 0 radical (unpaired) electrons. The van der Waals surface area contributed by atoms with Crippen LogP contribution < -0.4 is 15.7 Å². The lowest BCUT2D eigenvalue weighted by molar-refractivity contribution is -0.142. The van der Waals surface area contributed by atoms with Crippen LogP contribution in [0.1, 0.15) is 6.92 Å². The third kappa shape index (κ3) is 3.66. The minimum Gasteiger partial charge on any atom is -0.468 e. The van der Waals surface area contributed by atoms with Crippen LogP contribution in [0.3, 0.4) is 0 Å². The summed E-state index contributed by atoms with van der Waals surface area (Å²) in [6.45, 7) is 1.83. The molecule has 0 aliphatic heterocycles. The Morgan fingerprint density at radius 3 is 1.85 bits per heavy atom. The molecule has 1 N–H and O–H groups in total. The van der Waals surface area contributed by atoms with E-state index in [1.807, 2.05) is 43.3 Å². The van der Waals surface area contributed by atoms with Gasteiger partial charge >= 0.3 is 5.97 Å². The second kappa shape index (κ2) is 7.18. The Bertz CT molecular complexity index is 505. The molecule has 4 heteroatoms. The fraction of sp³-hybridized carbons (Fsp3) is 0.188. The lowest BCUT2D eigenvalue weighted by Gasteiger charge is -2.23. The number of esters is 1.